The van der Waals surface area contributed by atoms with Gasteiger partial charge in [0.1, 0.15) is 6.07 Å². The number of nitriles is 1. The fourth-order valence-corrected chi connectivity index (χ4v) is 1.88. The molecule has 0 spiro atoms. The molecule has 14 heavy (non-hydrogen) atoms. The molecule has 0 atom stereocenters. The SMILES string of the molecule is C/C=C/CCNCc1cc(C#N)cs1. The molecule has 0 radical (unpaired) electrons. The summed E-state index contributed by atoms with van der Waals surface area (Å²) in [4.78, 5) is 1.22. The third kappa shape index (κ3) is 3.73. The minimum atomic E-state index is 0.764. The first-order valence-electron chi connectivity index (χ1n) is 4.66. The van der Waals surface area contributed by atoms with Gasteiger partial charge in [-0.25, -0.2) is 0 Å². The largest absolute Gasteiger partial charge is 0.312 e. The Hall–Kier alpha value is -1.11. The van der Waals surface area contributed by atoms with Crippen LogP contribution in [-0.4, -0.2) is 6.54 Å². The van der Waals surface area contributed by atoms with Crippen LogP contribution in [0.1, 0.15) is 23.8 Å². The van der Waals surface area contributed by atoms with Crippen LogP contribution in [0.3, 0.4) is 0 Å². The highest BCUT2D eigenvalue weighted by atomic mass is 32.1. The molecular formula is C11H14N2S. The van der Waals surface area contributed by atoms with Crippen LogP contribution < -0.4 is 5.32 Å². The van der Waals surface area contributed by atoms with Crippen LogP contribution in [0.5, 0.6) is 0 Å². The maximum absolute atomic E-state index is 8.62. The average Bonchev–Trinajstić information content (AvgIpc) is 2.65. The molecule has 0 aliphatic carbocycles. The van der Waals surface area contributed by atoms with Gasteiger partial charge in [-0.1, -0.05) is 12.2 Å². The molecule has 0 aromatic carbocycles. The van der Waals surface area contributed by atoms with E-state index < -0.39 is 0 Å². The van der Waals surface area contributed by atoms with Crippen molar-refractivity contribution in [2.24, 2.45) is 0 Å². The Bertz CT molecular complexity index is 333. The third-order valence-electron chi connectivity index (χ3n) is 1.81. The van der Waals surface area contributed by atoms with Gasteiger partial charge in [-0.2, -0.15) is 5.26 Å². The van der Waals surface area contributed by atoms with Crippen LogP contribution >= 0.6 is 11.3 Å². The van der Waals surface area contributed by atoms with Gasteiger partial charge in [0, 0.05) is 16.8 Å². The molecule has 1 aromatic heterocycles. The first kappa shape index (κ1) is 11.0. The molecule has 3 heteroatoms. The fraction of sp³-hybridized carbons (Fsp3) is 0.364. The number of nitrogens with zero attached hydrogens (tertiary/aromatic N) is 1. The lowest BCUT2D eigenvalue weighted by atomic mass is 10.3. The number of hydrogen-bond donors (Lipinski definition) is 1. The van der Waals surface area contributed by atoms with Crippen molar-refractivity contribution in [1.29, 1.82) is 5.26 Å². The van der Waals surface area contributed by atoms with Crippen LogP contribution in [0.15, 0.2) is 23.6 Å². The van der Waals surface area contributed by atoms with Crippen molar-refractivity contribution in [3.63, 3.8) is 0 Å². The Kier molecular flexibility index (Phi) is 4.98. The number of rotatable bonds is 5. The highest BCUT2D eigenvalue weighted by molar-refractivity contribution is 7.10. The lowest BCUT2D eigenvalue weighted by molar-refractivity contribution is 0.702. The predicted octanol–water partition coefficient (Wildman–Crippen LogP) is 2.68. The minimum absolute atomic E-state index is 0.764. The molecule has 0 aliphatic rings. The Morgan fingerprint density at radius 3 is 3.14 bits per heavy atom. The van der Waals surface area contributed by atoms with Gasteiger partial charge in [0.2, 0.25) is 0 Å². The maximum atomic E-state index is 8.62. The Morgan fingerprint density at radius 1 is 1.64 bits per heavy atom. The van der Waals surface area contributed by atoms with E-state index in [9.17, 15) is 0 Å². The highest BCUT2D eigenvalue weighted by Crippen LogP contribution is 2.13. The summed E-state index contributed by atoms with van der Waals surface area (Å²) in [6.45, 7) is 3.88. The zero-order chi connectivity index (χ0) is 10.2. The quantitative estimate of drug-likeness (QED) is 0.594. The Balaban J connectivity index is 2.22. The van der Waals surface area contributed by atoms with Gasteiger partial charge < -0.3 is 5.32 Å². The molecule has 0 aliphatic heterocycles. The molecule has 0 fully saturated rings. The normalized spacial score (nSPS) is 10.6. The second kappa shape index (κ2) is 6.36. The molecule has 0 saturated carbocycles. The van der Waals surface area contributed by atoms with Gasteiger partial charge in [0.25, 0.3) is 0 Å². The first-order valence-corrected chi connectivity index (χ1v) is 5.54. The van der Waals surface area contributed by atoms with E-state index in [1.54, 1.807) is 11.3 Å². The van der Waals surface area contributed by atoms with Gasteiger partial charge in [-0.05, 0) is 26.0 Å². The van der Waals surface area contributed by atoms with Gasteiger partial charge in [-0.3, -0.25) is 0 Å². The highest BCUT2D eigenvalue weighted by Gasteiger charge is 1.97. The van der Waals surface area contributed by atoms with Gasteiger partial charge in [0.05, 0.1) is 5.56 Å². The summed E-state index contributed by atoms with van der Waals surface area (Å²) in [5.41, 5.74) is 0.764. The molecule has 0 amide bonds. The Morgan fingerprint density at radius 2 is 2.50 bits per heavy atom. The summed E-state index contributed by atoms with van der Waals surface area (Å²) in [5, 5.41) is 13.8. The van der Waals surface area contributed by atoms with Gasteiger partial charge in [0.15, 0.2) is 0 Å². The van der Waals surface area contributed by atoms with E-state index >= 15 is 0 Å². The van der Waals surface area contributed by atoms with Crippen molar-refractivity contribution in [2.45, 2.75) is 19.9 Å². The predicted molar refractivity (Wildman–Crippen MR) is 60.2 cm³/mol. The fourth-order valence-electron chi connectivity index (χ4n) is 1.10. The lowest BCUT2D eigenvalue weighted by Gasteiger charge is -1.98. The number of allylic oxidation sites excluding steroid dienone is 1. The van der Waals surface area contributed by atoms with Crippen molar-refractivity contribution >= 4 is 11.3 Å². The van der Waals surface area contributed by atoms with Crippen LogP contribution in [0.25, 0.3) is 0 Å². The lowest BCUT2D eigenvalue weighted by Crippen LogP contribution is -2.12. The number of nitrogens with one attached hydrogen (secondary N) is 1. The summed E-state index contributed by atoms with van der Waals surface area (Å²) in [6, 6.07) is 4.07. The minimum Gasteiger partial charge on any atom is -0.312 e. The topological polar surface area (TPSA) is 35.8 Å². The van der Waals surface area contributed by atoms with E-state index in [-0.39, 0.29) is 0 Å². The third-order valence-corrected chi connectivity index (χ3v) is 2.74. The molecule has 1 aromatic rings. The average molecular weight is 206 g/mol. The van der Waals surface area contributed by atoms with Gasteiger partial charge in [-0.15, -0.1) is 11.3 Å². The van der Waals surface area contributed by atoms with E-state index in [2.05, 4.69) is 23.5 Å². The summed E-state index contributed by atoms with van der Waals surface area (Å²) in [5.74, 6) is 0. The molecule has 1 rings (SSSR count). The van der Waals surface area contributed by atoms with Crippen molar-refractivity contribution in [3.8, 4) is 6.07 Å². The van der Waals surface area contributed by atoms with Crippen molar-refractivity contribution in [2.75, 3.05) is 6.54 Å². The van der Waals surface area contributed by atoms with E-state index in [0.29, 0.717) is 0 Å². The second-order valence-corrected chi connectivity index (χ2v) is 3.94. The monoisotopic (exact) mass is 206 g/mol. The molecule has 74 valence electrons. The van der Waals surface area contributed by atoms with Gasteiger partial charge >= 0.3 is 0 Å². The van der Waals surface area contributed by atoms with E-state index in [1.165, 1.54) is 4.88 Å². The summed E-state index contributed by atoms with van der Waals surface area (Å²) < 4.78 is 0. The molecular weight excluding hydrogens is 192 g/mol. The van der Waals surface area contributed by atoms with E-state index in [1.807, 2.05) is 18.4 Å². The van der Waals surface area contributed by atoms with Crippen LogP contribution in [0, 0.1) is 11.3 Å². The van der Waals surface area contributed by atoms with Crippen molar-refractivity contribution in [3.05, 3.63) is 34.0 Å². The van der Waals surface area contributed by atoms with Crippen LogP contribution in [-0.2, 0) is 6.54 Å². The van der Waals surface area contributed by atoms with Crippen LogP contribution in [0.4, 0.5) is 0 Å². The first-order chi connectivity index (χ1) is 6.86. The standard InChI is InChI=1S/C11H14N2S/c1-2-3-4-5-13-8-11-6-10(7-12)9-14-11/h2-3,6,9,13H,4-5,8H2,1H3/b3-2+. The van der Waals surface area contributed by atoms with E-state index in [0.717, 1.165) is 25.1 Å². The molecule has 0 bridgehead atoms. The summed E-state index contributed by atoms with van der Waals surface area (Å²) in [7, 11) is 0. The van der Waals surface area contributed by atoms with E-state index in [4.69, 9.17) is 5.26 Å². The maximum Gasteiger partial charge on any atom is 0.100 e. The zero-order valence-corrected chi connectivity index (χ0v) is 9.10. The summed E-state index contributed by atoms with van der Waals surface area (Å²) >= 11 is 1.63. The number of thiophene rings is 1. The summed E-state index contributed by atoms with van der Waals surface area (Å²) in [6.07, 6.45) is 5.26. The molecule has 0 unspecified atom stereocenters. The number of hydrogen-bond acceptors (Lipinski definition) is 3. The smallest absolute Gasteiger partial charge is 0.100 e. The van der Waals surface area contributed by atoms with Crippen molar-refractivity contribution < 1.29 is 0 Å². The van der Waals surface area contributed by atoms with Crippen molar-refractivity contribution in [1.82, 2.24) is 5.32 Å². The molecule has 1 heterocycles. The molecule has 0 saturated heterocycles. The van der Waals surface area contributed by atoms with Crippen LogP contribution in [0.2, 0.25) is 0 Å². The molecule has 2 nitrogen and oxygen atoms in total. The molecule has 1 N–H and O–H groups in total. The zero-order valence-electron chi connectivity index (χ0n) is 8.29. The second-order valence-electron chi connectivity index (χ2n) is 2.95. The Labute approximate surface area is 88.9 Å².